The summed E-state index contributed by atoms with van der Waals surface area (Å²) in [6.07, 6.45) is 1.83. The van der Waals surface area contributed by atoms with Crippen molar-refractivity contribution in [1.29, 1.82) is 0 Å². The summed E-state index contributed by atoms with van der Waals surface area (Å²) in [7, 11) is -0.514. The monoisotopic (exact) mass is 433 g/mol. The highest BCUT2D eigenvalue weighted by Gasteiger charge is 2.22. The lowest BCUT2D eigenvalue weighted by molar-refractivity contribution is 0.0926. The van der Waals surface area contributed by atoms with E-state index in [-0.39, 0.29) is 16.8 Å². The molecule has 3 rings (SSSR count). The summed E-state index contributed by atoms with van der Waals surface area (Å²) >= 11 is 1.64. The van der Waals surface area contributed by atoms with E-state index in [9.17, 15) is 13.2 Å². The van der Waals surface area contributed by atoms with Gasteiger partial charge in [0.05, 0.1) is 10.9 Å². The number of aryl methyl sites for hydroxylation is 1. The van der Waals surface area contributed by atoms with Gasteiger partial charge in [0.25, 0.3) is 5.91 Å². The van der Waals surface area contributed by atoms with Crippen LogP contribution < -0.4 is 5.32 Å². The van der Waals surface area contributed by atoms with Gasteiger partial charge < -0.3 is 9.88 Å². The largest absolute Gasteiger partial charge is 0.343 e. The van der Waals surface area contributed by atoms with Crippen molar-refractivity contribution in [1.82, 2.24) is 14.2 Å². The quantitative estimate of drug-likeness (QED) is 0.577. The fourth-order valence-corrected chi connectivity index (χ4v) is 5.20. The number of hydrogen-bond acceptors (Lipinski definition) is 4. The first-order valence-corrected chi connectivity index (χ1v) is 12.0. The number of sulfonamides is 1. The molecule has 0 aliphatic heterocycles. The van der Waals surface area contributed by atoms with Gasteiger partial charge in [0.15, 0.2) is 0 Å². The molecule has 1 atom stereocenters. The molecule has 2 heterocycles. The van der Waals surface area contributed by atoms with Gasteiger partial charge in [-0.1, -0.05) is 19.4 Å². The Labute approximate surface area is 176 Å². The Morgan fingerprint density at radius 3 is 2.55 bits per heavy atom. The minimum Gasteiger partial charge on any atom is -0.343 e. The van der Waals surface area contributed by atoms with Crippen LogP contribution in [0.15, 0.2) is 46.7 Å². The number of nitrogens with one attached hydrogen (secondary N) is 1. The molecular weight excluding hydrogens is 406 g/mol. The minimum absolute atomic E-state index is 0.0273. The van der Waals surface area contributed by atoms with Crippen LogP contribution in [0.3, 0.4) is 0 Å². The molecule has 156 valence electrons. The topological polar surface area (TPSA) is 71.4 Å². The van der Waals surface area contributed by atoms with Gasteiger partial charge in [-0.05, 0) is 49.1 Å². The second-order valence-corrected chi connectivity index (χ2v) is 10.2. The number of thiophene rings is 1. The summed E-state index contributed by atoms with van der Waals surface area (Å²) in [5.41, 5.74) is 1.39. The number of nitrogens with zero attached hydrogens (tertiary/aromatic N) is 2. The summed E-state index contributed by atoms with van der Waals surface area (Å²) in [4.78, 5) is 14.5. The minimum atomic E-state index is -3.53. The fourth-order valence-electron chi connectivity index (χ4n) is 3.45. The van der Waals surface area contributed by atoms with Gasteiger partial charge in [-0.3, -0.25) is 4.79 Å². The van der Waals surface area contributed by atoms with Gasteiger partial charge >= 0.3 is 0 Å². The molecule has 1 N–H and O–H groups in total. The molecule has 0 aliphatic carbocycles. The fraction of sp³-hybridized carbons (Fsp3) is 0.381. The number of fused-ring (bicyclic) bond motifs is 1. The van der Waals surface area contributed by atoms with Gasteiger partial charge in [0.1, 0.15) is 5.69 Å². The highest BCUT2D eigenvalue weighted by Crippen LogP contribution is 2.27. The van der Waals surface area contributed by atoms with E-state index in [1.807, 2.05) is 29.0 Å². The van der Waals surface area contributed by atoms with E-state index in [0.717, 1.165) is 28.6 Å². The van der Waals surface area contributed by atoms with Crippen molar-refractivity contribution in [2.24, 2.45) is 0 Å². The Morgan fingerprint density at radius 2 is 1.97 bits per heavy atom. The van der Waals surface area contributed by atoms with Gasteiger partial charge in [-0.2, -0.15) is 0 Å². The summed E-state index contributed by atoms with van der Waals surface area (Å²) in [5, 5.41) is 5.91. The van der Waals surface area contributed by atoms with Crippen LogP contribution in [0, 0.1) is 0 Å². The molecule has 0 aliphatic rings. The van der Waals surface area contributed by atoms with E-state index in [2.05, 4.69) is 12.2 Å². The highest BCUT2D eigenvalue weighted by molar-refractivity contribution is 7.89. The highest BCUT2D eigenvalue weighted by atomic mass is 32.2. The lowest BCUT2D eigenvalue weighted by Gasteiger charge is -2.17. The van der Waals surface area contributed by atoms with Crippen LogP contribution in [0.5, 0.6) is 0 Å². The van der Waals surface area contributed by atoms with Crippen LogP contribution in [-0.2, 0) is 16.6 Å². The predicted molar refractivity (Wildman–Crippen MR) is 118 cm³/mol. The van der Waals surface area contributed by atoms with Gasteiger partial charge in [-0.25, -0.2) is 12.7 Å². The maximum atomic E-state index is 13.1. The number of aromatic nitrogens is 1. The molecule has 1 aromatic carbocycles. The molecule has 3 aromatic rings. The second kappa shape index (κ2) is 8.69. The maximum Gasteiger partial charge on any atom is 0.268 e. The lowest BCUT2D eigenvalue weighted by atomic mass is 10.1. The third kappa shape index (κ3) is 4.24. The standard InChI is InChI=1S/C21H27N3O3S2/c1-5-8-17(20-9-7-12-28-20)22-21(25)19-14-15-13-16(29(26,27)23(3)4)10-11-18(15)24(19)6-2/h7,9-14,17H,5-6,8H2,1-4H3,(H,22,25). The van der Waals surface area contributed by atoms with Crippen molar-refractivity contribution in [2.45, 2.75) is 44.2 Å². The first-order chi connectivity index (χ1) is 13.8. The molecule has 0 radical (unpaired) electrons. The number of hydrogen-bond donors (Lipinski definition) is 1. The van der Waals surface area contributed by atoms with E-state index < -0.39 is 10.0 Å². The van der Waals surface area contributed by atoms with Crippen LogP contribution in [0.1, 0.15) is 48.1 Å². The molecule has 8 heteroatoms. The first kappa shape index (κ1) is 21.5. The Morgan fingerprint density at radius 1 is 1.21 bits per heavy atom. The van der Waals surface area contributed by atoms with Crippen molar-refractivity contribution < 1.29 is 13.2 Å². The van der Waals surface area contributed by atoms with Crippen molar-refractivity contribution >= 4 is 38.2 Å². The zero-order valence-corrected chi connectivity index (χ0v) is 18.8. The SMILES string of the molecule is CCCC(NC(=O)c1cc2cc(S(=O)(=O)N(C)C)ccc2n1CC)c1cccs1. The summed E-state index contributed by atoms with van der Waals surface area (Å²) in [5.74, 6) is -0.146. The number of carbonyl (C=O) groups excluding carboxylic acids is 1. The number of rotatable bonds is 8. The lowest BCUT2D eigenvalue weighted by Crippen LogP contribution is -2.29. The smallest absolute Gasteiger partial charge is 0.268 e. The molecule has 0 saturated heterocycles. The van der Waals surface area contributed by atoms with Crippen LogP contribution in [0.4, 0.5) is 0 Å². The van der Waals surface area contributed by atoms with Gasteiger partial charge in [0.2, 0.25) is 10.0 Å². The van der Waals surface area contributed by atoms with Crippen molar-refractivity contribution in [2.75, 3.05) is 14.1 Å². The summed E-state index contributed by atoms with van der Waals surface area (Å²) in [6, 6.07) is 10.8. The molecule has 0 bridgehead atoms. The van der Waals surface area contributed by atoms with Crippen LogP contribution in [0.25, 0.3) is 10.9 Å². The molecule has 0 saturated carbocycles. The van der Waals surface area contributed by atoms with E-state index in [1.165, 1.54) is 18.4 Å². The van der Waals surface area contributed by atoms with E-state index in [1.54, 1.807) is 35.6 Å². The van der Waals surface area contributed by atoms with Crippen molar-refractivity contribution in [3.05, 3.63) is 52.3 Å². The molecule has 2 aromatic heterocycles. The van der Waals surface area contributed by atoms with Crippen molar-refractivity contribution in [3.8, 4) is 0 Å². The maximum absolute atomic E-state index is 13.1. The normalized spacial score (nSPS) is 13.1. The number of benzene rings is 1. The third-order valence-corrected chi connectivity index (χ3v) is 7.77. The predicted octanol–water partition coefficient (Wildman–Crippen LogP) is 4.24. The molecule has 29 heavy (non-hydrogen) atoms. The van der Waals surface area contributed by atoms with E-state index in [4.69, 9.17) is 0 Å². The summed E-state index contributed by atoms with van der Waals surface area (Å²) in [6.45, 7) is 4.69. The van der Waals surface area contributed by atoms with Gasteiger partial charge in [0, 0.05) is 36.4 Å². The zero-order valence-electron chi connectivity index (χ0n) is 17.2. The summed E-state index contributed by atoms with van der Waals surface area (Å²) < 4.78 is 28.0. The first-order valence-electron chi connectivity index (χ1n) is 9.69. The molecule has 6 nitrogen and oxygen atoms in total. The Bertz CT molecular complexity index is 1100. The Balaban J connectivity index is 1.99. The Hall–Kier alpha value is -2.16. The average molecular weight is 434 g/mol. The third-order valence-electron chi connectivity index (χ3n) is 4.97. The van der Waals surface area contributed by atoms with Crippen LogP contribution >= 0.6 is 11.3 Å². The molecule has 1 amide bonds. The number of amides is 1. The number of carbonyl (C=O) groups is 1. The molecule has 0 spiro atoms. The Kier molecular flexibility index (Phi) is 6.45. The molecule has 1 unspecified atom stereocenters. The van der Waals surface area contributed by atoms with E-state index >= 15 is 0 Å². The van der Waals surface area contributed by atoms with Crippen molar-refractivity contribution in [3.63, 3.8) is 0 Å². The van der Waals surface area contributed by atoms with Crippen LogP contribution in [-0.4, -0.2) is 37.3 Å². The molecular formula is C21H27N3O3S2. The van der Waals surface area contributed by atoms with Gasteiger partial charge in [-0.15, -0.1) is 11.3 Å². The zero-order chi connectivity index (χ0) is 21.2. The second-order valence-electron chi connectivity index (χ2n) is 7.11. The average Bonchev–Trinajstić information content (AvgIpc) is 3.34. The van der Waals surface area contributed by atoms with Crippen LogP contribution in [0.2, 0.25) is 0 Å². The van der Waals surface area contributed by atoms with E-state index in [0.29, 0.717) is 12.2 Å². The molecule has 0 fully saturated rings.